The summed E-state index contributed by atoms with van der Waals surface area (Å²) < 4.78 is 38.1. The maximum absolute atomic E-state index is 12.7. The van der Waals surface area contributed by atoms with Gasteiger partial charge in [0.15, 0.2) is 0 Å². The lowest BCUT2D eigenvalue weighted by molar-refractivity contribution is -0.137. The highest BCUT2D eigenvalue weighted by molar-refractivity contribution is 6.30. The van der Waals surface area contributed by atoms with Gasteiger partial charge in [-0.05, 0) is 31.1 Å². The van der Waals surface area contributed by atoms with Crippen LogP contribution in [0, 0.1) is 0 Å². The molecule has 0 aromatic carbocycles. The molecule has 0 saturated carbocycles. The first kappa shape index (κ1) is 14.8. The van der Waals surface area contributed by atoms with Gasteiger partial charge >= 0.3 is 6.18 Å². The van der Waals surface area contributed by atoms with Crippen LogP contribution in [0.4, 0.5) is 19.0 Å². The summed E-state index contributed by atoms with van der Waals surface area (Å²) >= 11 is 6.12. The third kappa shape index (κ3) is 2.40. The van der Waals surface area contributed by atoms with E-state index in [-0.39, 0.29) is 5.82 Å². The summed E-state index contributed by atoms with van der Waals surface area (Å²) in [4.78, 5) is 17.1. The van der Waals surface area contributed by atoms with Crippen molar-refractivity contribution in [1.29, 1.82) is 0 Å². The molecule has 20 heavy (non-hydrogen) atoms. The van der Waals surface area contributed by atoms with E-state index >= 15 is 0 Å². The highest BCUT2D eigenvalue weighted by Gasteiger charge is 2.38. The number of halogens is 4. The summed E-state index contributed by atoms with van der Waals surface area (Å²) in [7, 11) is 0. The molecule has 0 bridgehead atoms. The Morgan fingerprint density at radius 1 is 1.45 bits per heavy atom. The van der Waals surface area contributed by atoms with Gasteiger partial charge < -0.3 is 0 Å². The number of carbonyl (C=O) groups excluding carboxylic acids is 1. The average molecular weight is 305 g/mol. The van der Waals surface area contributed by atoms with Gasteiger partial charge in [0.2, 0.25) is 0 Å². The first-order valence-corrected chi connectivity index (χ1v) is 6.41. The quantitative estimate of drug-likeness (QED) is 0.616. The number of hydrogen-bond donors (Lipinski definition) is 0. The van der Waals surface area contributed by atoms with Crippen LogP contribution in [0.15, 0.2) is 29.5 Å². The molecule has 108 valence electrons. The van der Waals surface area contributed by atoms with Crippen molar-refractivity contribution in [1.82, 2.24) is 4.98 Å². The number of pyridine rings is 1. The van der Waals surface area contributed by atoms with Crippen LogP contribution in [0.1, 0.15) is 25.8 Å². The largest absolute Gasteiger partial charge is 0.416 e. The minimum Gasteiger partial charge on any atom is -0.272 e. The fourth-order valence-corrected chi connectivity index (χ4v) is 2.45. The summed E-state index contributed by atoms with van der Waals surface area (Å²) in [5.74, 6) is -0.482. The van der Waals surface area contributed by atoms with Crippen LogP contribution < -0.4 is 4.90 Å². The van der Waals surface area contributed by atoms with E-state index in [4.69, 9.17) is 11.6 Å². The van der Waals surface area contributed by atoms with Gasteiger partial charge in [-0.15, -0.1) is 0 Å². The maximum Gasteiger partial charge on any atom is 0.416 e. The van der Waals surface area contributed by atoms with E-state index in [0.29, 0.717) is 17.6 Å². The number of hydrogen-bond acceptors (Lipinski definition) is 2. The molecular formula is C13H12ClF3N2O. The smallest absolute Gasteiger partial charge is 0.272 e. The molecule has 2 heterocycles. The van der Waals surface area contributed by atoms with E-state index < -0.39 is 23.1 Å². The summed E-state index contributed by atoms with van der Waals surface area (Å²) in [6.07, 6.45) is -2.99. The van der Waals surface area contributed by atoms with Crippen molar-refractivity contribution in [3.8, 4) is 0 Å². The van der Waals surface area contributed by atoms with Crippen molar-refractivity contribution in [2.45, 2.75) is 31.9 Å². The van der Waals surface area contributed by atoms with Crippen molar-refractivity contribution < 1.29 is 18.0 Å². The number of anilines is 1. The predicted molar refractivity (Wildman–Crippen MR) is 69.4 cm³/mol. The van der Waals surface area contributed by atoms with Gasteiger partial charge in [0.1, 0.15) is 11.3 Å². The van der Waals surface area contributed by atoms with Crippen LogP contribution in [-0.2, 0) is 11.0 Å². The molecule has 0 radical (unpaired) electrons. The third-order valence-corrected chi connectivity index (χ3v) is 3.73. The summed E-state index contributed by atoms with van der Waals surface area (Å²) in [6.45, 7) is 3.49. The Kier molecular flexibility index (Phi) is 3.77. The molecule has 0 fully saturated rings. The fraction of sp³-hybridized carbons (Fsp3) is 0.385. The second kappa shape index (κ2) is 5.09. The molecule has 1 aromatic heterocycles. The number of rotatable bonds is 2. The molecule has 7 heteroatoms. The highest BCUT2D eigenvalue weighted by Crippen LogP contribution is 2.36. The van der Waals surface area contributed by atoms with Gasteiger partial charge in [-0.1, -0.05) is 18.5 Å². The SMILES string of the molecule is CCC1=C(C)C(Cl)N(c2cc(C(F)(F)F)ccn2)C1=O. The molecule has 1 amide bonds. The Morgan fingerprint density at radius 2 is 2.10 bits per heavy atom. The number of nitrogens with zero attached hydrogens (tertiary/aromatic N) is 2. The van der Waals surface area contributed by atoms with Crippen molar-refractivity contribution in [3.63, 3.8) is 0 Å². The van der Waals surface area contributed by atoms with E-state index in [0.717, 1.165) is 23.2 Å². The molecule has 0 aliphatic carbocycles. The maximum atomic E-state index is 12.7. The minimum absolute atomic E-state index is 0.0902. The Balaban J connectivity index is 2.42. The van der Waals surface area contributed by atoms with Crippen molar-refractivity contribution >= 4 is 23.3 Å². The molecule has 0 saturated heterocycles. The van der Waals surface area contributed by atoms with Gasteiger partial charge in [-0.3, -0.25) is 9.69 Å². The normalized spacial score (nSPS) is 20.0. The topological polar surface area (TPSA) is 33.2 Å². The second-order valence-corrected chi connectivity index (χ2v) is 4.84. The number of aromatic nitrogens is 1. The molecule has 1 atom stereocenters. The van der Waals surface area contributed by atoms with Crippen molar-refractivity contribution in [3.05, 3.63) is 35.0 Å². The second-order valence-electron chi connectivity index (χ2n) is 4.43. The molecule has 0 spiro atoms. The molecule has 3 nitrogen and oxygen atoms in total. The Labute approximate surface area is 119 Å². The summed E-state index contributed by atoms with van der Waals surface area (Å²) in [6, 6.07) is 1.69. The van der Waals surface area contributed by atoms with Crippen LogP contribution in [0.5, 0.6) is 0 Å². The lowest BCUT2D eigenvalue weighted by atomic mass is 10.1. The first-order valence-electron chi connectivity index (χ1n) is 5.98. The van der Waals surface area contributed by atoms with Crippen LogP contribution in [0.2, 0.25) is 0 Å². The van der Waals surface area contributed by atoms with Crippen LogP contribution in [-0.4, -0.2) is 16.4 Å². The van der Waals surface area contributed by atoms with E-state index in [1.807, 2.05) is 0 Å². The molecule has 1 aliphatic heterocycles. The molecule has 1 aliphatic rings. The highest BCUT2D eigenvalue weighted by atomic mass is 35.5. The third-order valence-electron chi connectivity index (χ3n) is 3.21. The molecular weight excluding hydrogens is 293 g/mol. The lowest BCUT2D eigenvalue weighted by Crippen LogP contribution is -2.33. The zero-order valence-corrected chi connectivity index (χ0v) is 11.6. The van der Waals surface area contributed by atoms with E-state index in [1.165, 1.54) is 0 Å². The zero-order valence-electron chi connectivity index (χ0n) is 10.8. The molecule has 0 N–H and O–H groups in total. The monoisotopic (exact) mass is 304 g/mol. The average Bonchev–Trinajstić information content (AvgIpc) is 2.59. The molecule has 2 rings (SSSR count). The van der Waals surface area contributed by atoms with Crippen molar-refractivity contribution in [2.75, 3.05) is 4.90 Å². The van der Waals surface area contributed by atoms with Gasteiger partial charge in [0, 0.05) is 11.8 Å². The Hall–Kier alpha value is -1.56. The van der Waals surface area contributed by atoms with E-state index in [2.05, 4.69) is 4.98 Å². The summed E-state index contributed by atoms with van der Waals surface area (Å²) in [5.41, 5.74) is -0.488. The number of carbonyl (C=O) groups is 1. The predicted octanol–water partition coefficient (Wildman–Crippen LogP) is 3.74. The standard InChI is InChI=1S/C13H12ClF3N2O/c1-3-9-7(2)11(14)19(12(9)20)10-6-8(4-5-18-10)13(15,16)17/h4-6,11H,3H2,1-2H3. The van der Waals surface area contributed by atoms with Gasteiger partial charge in [-0.2, -0.15) is 13.2 Å². The Morgan fingerprint density at radius 3 is 2.60 bits per heavy atom. The van der Waals surface area contributed by atoms with Crippen LogP contribution in [0.3, 0.4) is 0 Å². The zero-order chi connectivity index (χ0) is 15.1. The van der Waals surface area contributed by atoms with Crippen LogP contribution >= 0.6 is 11.6 Å². The molecule has 1 aromatic rings. The van der Waals surface area contributed by atoms with Gasteiger partial charge in [0.05, 0.1) is 5.56 Å². The van der Waals surface area contributed by atoms with Crippen LogP contribution in [0.25, 0.3) is 0 Å². The summed E-state index contributed by atoms with van der Waals surface area (Å²) in [5, 5.41) is 0. The van der Waals surface area contributed by atoms with E-state index in [9.17, 15) is 18.0 Å². The van der Waals surface area contributed by atoms with Gasteiger partial charge in [0.25, 0.3) is 5.91 Å². The fourth-order valence-electron chi connectivity index (χ4n) is 2.13. The molecule has 1 unspecified atom stereocenters. The van der Waals surface area contributed by atoms with E-state index in [1.54, 1.807) is 13.8 Å². The lowest BCUT2D eigenvalue weighted by Gasteiger charge is -2.21. The first-order chi connectivity index (χ1) is 9.27. The minimum atomic E-state index is -4.49. The number of alkyl halides is 4. The van der Waals surface area contributed by atoms with Crippen molar-refractivity contribution in [2.24, 2.45) is 0 Å². The van der Waals surface area contributed by atoms with Gasteiger partial charge in [-0.25, -0.2) is 4.98 Å². The Bertz CT molecular complexity index is 583. The number of amides is 1.